The Labute approximate surface area is 104 Å². The maximum absolute atomic E-state index is 9.01. The Morgan fingerprint density at radius 1 is 1.53 bits per heavy atom. The van der Waals surface area contributed by atoms with E-state index in [1.165, 1.54) is 11.8 Å². The van der Waals surface area contributed by atoms with Crippen LogP contribution in [0.1, 0.15) is 31.2 Å². The lowest BCUT2D eigenvalue weighted by Crippen LogP contribution is -1.98. The molecule has 0 spiro atoms. The summed E-state index contributed by atoms with van der Waals surface area (Å²) in [5.41, 5.74) is 1.08. The molecule has 17 heavy (non-hydrogen) atoms. The summed E-state index contributed by atoms with van der Waals surface area (Å²) < 4.78 is 1.66. The fourth-order valence-electron chi connectivity index (χ4n) is 1.55. The molecule has 0 atom stereocenters. The minimum absolute atomic E-state index is 0.470. The van der Waals surface area contributed by atoms with E-state index in [-0.39, 0.29) is 0 Å². The molecule has 0 amide bonds. The van der Waals surface area contributed by atoms with Gasteiger partial charge in [0.25, 0.3) is 0 Å². The summed E-state index contributed by atoms with van der Waals surface area (Å²) in [5.74, 6) is 0.784. The molecule has 0 unspecified atom stereocenters. The van der Waals surface area contributed by atoms with Gasteiger partial charge in [-0.15, -0.1) is 5.10 Å². The van der Waals surface area contributed by atoms with Gasteiger partial charge in [0.2, 0.25) is 0 Å². The number of thioether (sulfide) groups is 1. The molecule has 2 aromatic rings. The van der Waals surface area contributed by atoms with Gasteiger partial charge in [-0.3, -0.25) is 0 Å². The van der Waals surface area contributed by atoms with Crippen molar-refractivity contribution in [3.05, 3.63) is 17.6 Å². The van der Waals surface area contributed by atoms with E-state index in [1.54, 1.807) is 10.7 Å². The zero-order valence-corrected chi connectivity index (χ0v) is 10.7. The minimum Gasteiger partial charge on any atom is -0.230 e. The number of unbranched alkanes of at least 4 members (excludes halogenated alkanes) is 1. The van der Waals surface area contributed by atoms with Crippen LogP contribution in [-0.2, 0) is 6.42 Å². The van der Waals surface area contributed by atoms with E-state index in [0.717, 1.165) is 30.2 Å². The van der Waals surface area contributed by atoms with E-state index in [0.29, 0.717) is 11.2 Å². The zero-order valence-electron chi connectivity index (χ0n) is 9.84. The lowest BCUT2D eigenvalue weighted by molar-refractivity contribution is 0.724. The summed E-state index contributed by atoms with van der Waals surface area (Å²) in [6.45, 7) is 2.13. The third kappa shape index (κ3) is 2.24. The van der Waals surface area contributed by atoms with Gasteiger partial charge in [-0.1, -0.05) is 25.1 Å². The van der Waals surface area contributed by atoms with Gasteiger partial charge >= 0.3 is 0 Å². The van der Waals surface area contributed by atoms with Crippen molar-refractivity contribution in [1.82, 2.24) is 19.6 Å². The van der Waals surface area contributed by atoms with Crippen molar-refractivity contribution < 1.29 is 0 Å². The van der Waals surface area contributed by atoms with E-state index in [4.69, 9.17) is 5.26 Å². The van der Waals surface area contributed by atoms with Crippen LogP contribution in [0.3, 0.4) is 0 Å². The Balaban J connectivity index is 2.53. The average Bonchev–Trinajstić information content (AvgIpc) is 2.78. The van der Waals surface area contributed by atoms with Crippen LogP contribution in [0.25, 0.3) is 5.65 Å². The van der Waals surface area contributed by atoms with Crippen molar-refractivity contribution >= 4 is 17.4 Å². The highest BCUT2D eigenvalue weighted by Crippen LogP contribution is 2.16. The van der Waals surface area contributed by atoms with Crippen molar-refractivity contribution in [3.63, 3.8) is 0 Å². The van der Waals surface area contributed by atoms with Crippen LogP contribution in [0, 0.1) is 11.3 Å². The molecule has 2 heterocycles. The van der Waals surface area contributed by atoms with Crippen LogP contribution in [0.2, 0.25) is 0 Å². The average molecular weight is 247 g/mol. The number of aryl methyl sites for hydroxylation is 1. The highest BCUT2D eigenvalue weighted by atomic mass is 32.2. The summed E-state index contributed by atoms with van der Waals surface area (Å²) in [7, 11) is 0. The smallest absolute Gasteiger partial charge is 0.190 e. The molecule has 0 aliphatic carbocycles. The summed E-state index contributed by atoms with van der Waals surface area (Å²) in [4.78, 5) is 8.60. The molecule has 88 valence electrons. The van der Waals surface area contributed by atoms with Crippen LogP contribution < -0.4 is 0 Å². The molecule has 0 saturated carbocycles. The largest absolute Gasteiger partial charge is 0.230 e. The van der Waals surface area contributed by atoms with Gasteiger partial charge in [-0.25, -0.2) is 9.97 Å². The van der Waals surface area contributed by atoms with Gasteiger partial charge in [0.05, 0.1) is 6.20 Å². The summed E-state index contributed by atoms with van der Waals surface area (Å²) in [5, 5.41) is 14.2. The Bertz CT molecular complexity index is 569. The number of hydrogen-bond donors (Lipinski definition) is 0. The molecule has 0 aromatic carbocycles. The standard InChI is InChI=1S/C11H13N5S/c1-3-4-5-9-14-10-8(6-12)7-13-11(17-2)16(10)15-9/h7H,3-5H2,1-2H3. The first-order valence-corrected chi connectivity index (χ1v) is 6.71. The molecular formula is C11H13N5S. The van der Waals surface area contributed by atoms with Gasteiger partial charge < -0.3 is 0 Å². The second-order valence-electron chi connectivity index (χ2n) is 3.64. The van der Waals surface area contributed by atoms with E-state index >= 15 is 0 Å². The SMILES string of the molecule is CCCCc1nc2c(C#N)cnc(SC)n2n1. The van der Waals surface area contributed by atoms with Gasteiger partial charge in [0.1, 0.15) is 11.6 Å². The van der Waals surface area contributed by atoms with Crippen LogP contribution in [0.15, 0.2) is 11.4 Å². The first-order valence-electron chi connectivity index (χ1n) is 5.49. The molecule has 6 heteroatoms. The zero-order chi connectivity index (χ0) is 12.3. The molecule has 0 saturated heterocycles. The summed E-state index contributed by atoms with van der Waals surface area (Å²) >= 11 is 1.49. The van der Waals surface area contributed by atoms with Gasteiger partial charge in [0, 0.05) is 6.42 Å². The quantitative estimate of drug-likeness (QED) is 0.611. The molecule has 5 nitrogen and oxygen atoms in total. The lowest BCUT2D eigenvalue weighted by Gasteiger charge is -1.98. The topological polar surface area (TPSA) is 66.9 Å². The maximum atomic E-state index is 9.01. The molecule has 2 aromatic heterocycles. The third-order valence-electron chi connectivity index (χ3n) is 2.43. The highest BCUT2D eigenvalue weighted by molar-refractivity contribution is 7.98. The summed E-state index contributed by atoms with van der Waals surface area (Å²) in [6, 6.07) is 2.10. The Morgan fingerprint density at radius 3 is 3.00 bits per heavy atom. The Kier molecular flexibility index (Phi) is 3.59. The highest BCUT2D eigenvalue weighted by Gasteiger charge is 2.11. The van der Waals surface area contributed by atoms with E-state index in [1.807, 2.05) is 6.26 Å². The number of nitriles is 1. The molecule has 0 N–H and O–H groups in total. The molecule has 0 bridgehead atoms. The Hall–Kier alpha value is -1.61. The van der Waals surface area contributed by atoms with Crippen LogP contribution >= 0.6 is 11.8 Å². The van der Waals surface area contributed by atoms with E-state index in [9.17, 15) is 0 Å². The van der Waals surface area contributed by atoms with Gasteiger partial charge in [-0.2, -0.15) is 9.78 Å². The molecule has 0 fully saturated rings. The molecule has 0 aliphatic heterocycles. The minimum atomic E-state index is 0.470. The molecule has 0 aliphatic rings. The van der Waals surface area contributed by atoms with Crippen molar-refractivity contribution in [2.24, 2.45) is 0 Å². The third-order valence-corrected chi connectivity index (χ3v) is 3.08. The predicted octanol–water partition coefficient (Wildman–Crippen LogP) is 2.06. The van der Waals surface area contributed by atoms with Crippen molar-refractivity contribution in [2.75, 3.05) is 6.26 Å². The van der Waals surface area contributed by atoms with E-state index < -0.39 is 0 Å². The predicted molar refractivity (Wildman–Crippen MR) is 65.9 cm³/mol. The number of fused-ring (bicyclic) bond motifs is 1. The number of hydrogen-bond acceptors (Lipinski definition) is 5. The fraction of sp³-hybridized carbons (Fsp3) is 0.455. The lowest BCUT2D eigenvalue weighted by atomic mass is 10.2. The fourth-order valence-corrected chi connectivity index (χ4v) is 2.01. The number of aromatic nitrogens is 4. The number of rotatable bonds is 4. The van der Waals surface area contributed by atoms with Crippen molar-refractivity contribution in [3.8, 4) is 6.07 Å². The molecule has 2 rings (SSSR count). The number of nitrogens with zero attached hydrogens (tertiary/aromatic N) is 5. The van der Waals surface area contributed by atoms with Gasteiger partial charge in [0.15, 0.2) is 16.6 Å². The van der Waals surface area contributed by atoms with Crippen molar-refractivity contribution in [2.45, 2.75) is 31.3 Å². The molecule has 0 radical (unpaired) electrons. The second kappa shape index (κ2) is 5.15. The van der Waals surface area contributed by atoms with Crippen LogP contribution in [0.4, 0.5) is 0 Å². The van der Waals surface area contributed by atoms with Crippen molar-refractivity contribution in [1.29, 1.82) is 5.26 Å². The monoisotopic (exact) mass is 247 g/mol. The van der Waals surface area contributed by atoms with Gasteiger partial charge in [-0.05, 0) is 12.7 Å². The maximum Gasteiger partial charge on any atom is 0.190 e. The molecular weight excluding hydrogens is 234 g/mol. The van der Waals surface area contributed by atoms with Crippen LogP contribution in [-0.4, -0.2) is 25.8 Å². The second-order valence-corrected chi connectivity index (χ2v) is 4.41. The summed E-state index contributed by atoms with van der Waals surface area (Å²) in [6.07, 6.45) is 6.49. The first kappa shape index (κ1) is 11.9. The van der Waals surface area contributed by atoms with E-state index in [2.05, 4.69) is 28.1 Å². The normalized spacial score (nSPS) is 10.6. The Morgan fingerprint density at radius 2 is 2.35 bits per heavy atom. The van der Waals surface area contributed by atoms with Crippen LogP contribution in [0.5, 0.6) is 0 Å². The first-order chi connectivity index (χ1) is 8.30.